The molecule has 1 heterocycles. The molecule has 0 fully saturated rings. The lowest BCUT2D eigenvalue weighted by atomic mass is 10.2. The number of fused-ring (bicyclic) bond motifs is 1. The van der Waals surface area contributed by atoms with Crippen LogP contribution in [-0.2, 0) is 6.54 Å². The Kier molecular flexibility index (Phi) is 3.49. The number of halogens is 2. The number of para-hydroxylation sites is 1. The normalized spacial score (nSPS) is 10.8. The first-order chi connectivity index (χ1) is 9.24. The molecule has 2 nitrogen and oxygen atoms in total. The fourth-order valence-electron chi connectivity index (χ4n) is 1.99. The van der Waals surface area contributed by atoms with Crippen LogP contribution >= 0.6 is 27.5 Å². The van der Waals surface area contributed by atoms with Gasteiger partial charge in [0, 0.05) is 22.0 Å². The van der Waals surface area contributed by atoms with E-state index < -0.39 is 0 Å². The highest BCUT2D eigenvalue weighted by atomic mass is 79.9. The molecular weight excluding hydrogens is 326 g/mol. The van der Waals surface area contributed by atoms with E-state index in [0.717, 1.165) is 26.7 Å². The molecule has 0 aliphatic heterocycles. The highest BCUT2D eigenvalue weighted by Crippen LogP contribution is 2.27. The molecule has 1 N–H and O–H groups in total. The molecule has 19 heavy (non-hydrogen) atoms. The van der Waals surface area contributed by atoms with Gasteiger partial charge < -0.3 is 9.73 Å². The average Bonchev–Trinajstić information content (AvgIpc) is 2.81. The summed E-state index contributed by atoms with van der Waals surface area (Å²) in [5.41, 5.74) is 2.94. The van der Waals surface area contributed by atoms with Crippen LogP contribution in [0.1, 0.15) is 5.56 Å². The Morgan fingerprint density at radius 3 is 2.84 bits per heavy atom. The number of nitrogens with one attached hydrogen (secondary N) is 1. The molecule has 0 amide bonds. The Balaban J connectivity index is 1.82. The Labute approximate surface area is 124 Å². The molecule has 0 radical (unpaired) electrons. The zero-order valence-electron chi connectivity index (χ0n) is 9.99. The van der Waals surface area contributed by atoms with Gasteiger partial charge in [0.1, 0.15) is 5.58 Å². The van der Waals surface area contributed by atoms with Crippen LogP contribution in [0.3, 0.4) is 0 Å². The molecule has 3 rings (SSSR count). The van der Waals surface area contributed by atoms with Crippen LogP contribution in [0.2, 0.25) is 5.02 Å². The first-order valence-electron chi connectivity index (χ1n) is 5.88. The zero-order chi connectivity index (χ0) is 13.2. The molecule has 0 unspecified atom stereocenters. The van der Waals surface area contributed by atoms with Crippen LogP contribution in [0.5, 0.6) is 0 Å². The number of hydrogen-bond acceptors (Lipinski definition) is 2. The van der Waals surface area contributed by atoms with Crippen LogP contribution in [0.4, 0.5) is 5.69 Å². The predicted octanol–water partition coefficient (Wildman–Crippen LogP) is 5.46. The van der Waals surface area contributed by atoms with Crippen molar-refractivity contribution in [1.82, 2.24) is 0 Å². The van der Waals surface area contributed by atoms with E-state index in [1.165, 1.54) is 0 Å². The minimum absolute atomic E-state index is 0.679. The van der Waals surface area contributed by atoms with E-state index in [0.29, 0.717) is 11.6 Å². The molecule has 96 valence electrons. The van der Waals surface area contributed by atoms with Crippen molar-refractivity contribution in [1.29, 1.82) is 0 Å². The van der Waals surface area contributed by atoms with Crippen LogP contribution in [-0.4, -0.2) is 0 Å². The third-order valence-corrected chi connectivity index (χ3v) is 3.77. The lowest BCUT2D eigenvalue weighted by molar-refractivity contribution is 0.611. The van der Waals surface area contributed by atoms with Crippen molar-refractivity contribution >= 4 is 44.2 Å². The molecule has 3 aromatic rings. The third-order valence-electron chi connectivity index (χ3n) is 2.96. The van der Waals surface area contributed by atoms with Gasteiger partial charge in [-0.3, -0.25) is 0 Å². The van der Waals surface area contributed by atoms with Crippen molar-refractivity contribution in [2.75, 3.05) is 5.32 Å². The minimum Gasteiger partial charge on any atom is -0.464 e. The summed E-state index contributed by atoms with van der Waals surface area (Å²) in [6.45, 7) is 0.679. The van der Waals surface area contributed by atoms with E-state index in [-0.39, 0.29) is 0 Å². The second-order valence-electron chi connectivity index (χ2n) is 4.23. The number of anilines is 1. The van der Waals surface area contributed by atoms with Crippen molar-refractivity contribution in [2.24, 2.45) is 0 Å². The molecule has 2 aromatic carbocycles. The highest BCUT2D eigenvalue weighted by molar-refractivity contribution is 9.10. The molecule has 0 bridgehead atoms. The first-order valence-corrected chi connectivity index (χ1v) is 7.05. The summed E-state index contributed by atoms with van der Waals surface area (Å²) in [6.07, 6.45) is 1.78. The van der Waals surface area contributed by atoms with Gasteiger partial charge in [-0.05, 0) is 24.3 Å². The van der Waals surface area contributed by atoms with Crippen molar-refractivity contribution < 1.29 is 4.42 Å². The van der Waals surface area contributed by atoms with Gasteiger partial charge in [0.15, 0.2) is 0 Å². The van der Waals surface area contributed by atoms with Gasteiger partial charge >= 0.3 is 0 Å². The Morgan fingerprint density at radius 1 is 1.16 bits per heavy atom. The van der Waals surface area contributed by atoms with Gasteiger partial charge in [0.2, 0.25) is 0 Å². The van der Waals surface area contributed by atoms with E-state index >= 15 is 0 Å². The Bertz CT molecular complexity index is 723. The van der Waals surface area contributed by atoms with Crippen molar-refractivity contribution in [3.8, 4) is 0 Å². The smallest absolute Gasteiger partial charge is 0.134 e. The van der Waals surface area contributed by atoms with E-state index in [4.69, 9.17) is 16.0 Å². The summed E-state index contributed by atoms with van der Waals surface area (Å²) >= 11 is 9.56. The Morgan fingerprint density at radius 2 is 2.00 bits per heavy atom. The van der Waals surface area contributed by atoms with E-state index in [9.17, 15) is 0 Å². The van der Waals surface area contributed by atoms with Gasteiger partial charge in [0.05, 0.1) is 17.0 Å². The van der Waals surface area contributed by atoms with Crippen LogP contribution in [0.25, 0.3) is 11.0 Å². The Hall–Kier alpha value is -1.45. The lowest BCUT2D eigenvalue weighted by Gasteiger charge is -2.07. The topological polar surface area (TPSA) is 25.2 Å². The van der Waals surface area contributed by atoms with Gasteiger partial charge in [-0.15, -0.1) is 0 Å². The predicted molar refractivity (Wildman–Crippen MR) is 82.7 cm³/mol. The number of furan rings is 1. The van der Waals surface area contributed by atoms with Crippen molar-refractivity contribution in [3.05, 3.63) is 63.8 Å². The van der Waals surface area contributed by atoms with Crippen molar-refractivity contribution in [2.45, 2.75) is 6.54 Å². The fraction of sp³-hybridized carbons (Fsp3) is 0.0667. The quantitative estimate of drug-likeness (QED) is 0.687. The maximum absolute atomic E-state index is 6.17. The summed E-state index contributed by atoms with van der Waals surface area (Å²) < 4.78 is 6.48. The molecule has 0 aliphatic rings. The molecular formula is C15H11BrClNO. The number of benzene rings is 2. The standard InChI is InChI=1S/C15H11BrClNO/c16-11-5-6-14(13(17)7-11)18-8-10-9-19-15-4-2-1-3-12(10)15/h1-7,9,18H,8H2. The van der Waals surface area contributed by atoms with Gasteiger partial charge in [-0.1, -0.05) is 45.7 Å². The lowest BCUT2D eigenvalue weighted by Crippen LogP contribution is -1.99. The minimum atomic E-state index is 0.679. The molecule has 1 aromatic heterocycles. The summed E-state index contributed by atoms with van der Waals surface area (Å²) in [5, 5.41) is 5.15. The second-order valence-corrected chi connectivity index (χ2v) is 5.56. The van der Waals surface area contributed by atoms with Crippen LogP contribution in [0, 0.1) is 0 Å². The largest absolute Gasteiger partial charge is 0.464 e. The van der Waals surface area contributed by atoms with Gasteiger partial charge in [-0.25, -0.2) is 0 Å². The zero-order valence-corrected chi connectivity index (χ0v) is 12.3. The summed E-state index contributed by atoms with van der Waals surface area (Å²) in [5.74, 6) is 0. The first kappa shape index (κ1) is 12.6. The van der Waals surface area contributed by atoms with Gasteiger partial charge in [0.25, 0.3) is 0 Å². The van der Waals surface area contributed by atoms with Crippen molar-refractivity contribution in [3.63, 3.8) is 0 Å². The maximum atomic E-state index is 6.17. The maximum Gasteiger partial charge on any atom is 0.134 e. The molecule has 0 saturated heterocycles. The monoisotopic (exact) mass is 335 g/mol. The molecule has 0 aliphatic carbocycles. The molecule has 0 atom stereocenters. The number of hydrogen-bond donors (Lipinski definition) is 1. The highest BCUT2D eigenvalue weighted by Gasteiger charge is 2.06. The molecule has 0 saturated carbocycles. The molecule has 4 heteroatoms. The third kappa shape index (κ3) is 2.62. The van der Waals surface area contributed by atoms with Crippen LogP contribution < -0.4 is 5.32 Å². The summed E-state index contributed by atoms with van der Waals surface area (Å²) in [6, 6.07) is 13.8. The molecule has 0 spiro atoms. The van der Waals surface area contributed by atoms with E-state index in [1.54, 1.807) is 6.26 Å². The van der Waals surface area contributed by atoms with E-state index in [2.05, 4.69) is 27.3 Å². The summed E-state index contributed by atoms with van der Waals surface area (Å²) in [7, 11) is 0. The SMILES string of the molecule is Clc1cc(Br)ccc1NCc1coc2ccccc12. The second kappa shape index (κ2) is 5.27. The number of rotatable bonds is 3. The summed E-state index contributed by atoms with van der Waals surface area (Å²) in [4.78, 5) is 0. The fourth-order valence-corrected chi connectivity index (χ4v) is 2.73. The average molecular weight is 337 g/mol. The van der Waals surface area contributed by atoms with Gasteiger partial charge in [-0.2, -0.15) is 0 Å². The van der Waals surface area contributed by atoms with E-state index in [1.807, 2.05) is 36.4 Å². The van der Waals surface area contributed by atoms with Crippen LogP contribution in [0.15, 0.2) is 57.6 Å².